The van der Waals surface area contributed by atoms with E-state index in [0.29, 0.717) is 18.8 Å². The van der Waals surface area contributed by atoms with Gasteiger partial charge in [0, 0.05) is 18.7 Å². The minimum absolute atomic E-state index is 0.00344. The second kappa shape index (κ2) is 10.3. The fourth-order valence-corrected chi connectivity index (χ4v) is 5.30. The lowest BCUT2D eigenvalue weighted by Gasteiger charge is -2.23. The molecule has 0 atom stereocenters. The van der Waals surface area contributed by atoms with Gasteiger partial charge in [0.25, 0.3) is 5.91 Å². The molecule has 0 aliphatic carbocycles. The summed E-state index contributed by atoms with van der Waals surface area (Å²) in [6.07, 6.45) is 1.52. The van der Waals surface area contributed by atoms with E-state index in [1.54, 1.807) is 21.6 Å². The summed E-state index contributed by atoms with van der Waals surface area (Å²) in [4.78, 5) is 18.8. The molecule has 0 aliphatic rings. The van der Waals surface area contributed by atoms with E-state index in [9.17, 15) is 17.6 Å². The maximum absolute atomic E-state index is 13.6. The Morgan fingerprint density at radius 3 is 2.52 bits per heavy atom. The van der Waals surface area contributed by atoms with Crippen molar-refractivity contribution in [1.29, 1.82) is 0 Å². The second-order valence-corrected chi connectivity index (χ2v) is 10.4. The smallest absolute Gasteiger partial charge is 0.254 e. The summed E-state index contributed by atoms with van der Waals surface area (Å²) in [6, 6.07) is 12.9. The molecule has 1 aromatic heterocycles. The normalized spacial score (nSPS) is 11.7. The van der Waals surface area contributed by atoms with Crippen LogP contribution < -0.4 is 0 Å². The van der Waals surface area contributed by atoms with Gasteiger partial charge in [0.2, 0.25) is 15.0 Å². The average molecular weight is 472 g/mol. The number of benzene rings is 2. The maximum Gasteiger partial charge on any atom is 0.254 e. The number of sulfone groups is 1. The van der Waals surface area contributed by atoms with Gasteiger partial charge in [-0.1, -0.05) is 44.2 Å². The highest BCUT2D eigenvalue weighted by Crippen LogP contribution is 2.22. The van der Waals surface area contributed by atoms with E-state index >= 15 is 0 Å². The molecule has 176 valence electrons. The molecule has 3 aromatic rings. The molecule has 6 nitrogen and oxygen atoms in total. The standard InChI is InChI=1S/C25H30FN3O3S/c1-5-28(24(30)20-11-8-12-22(26)13-20)16-23-14-27-25(29(23)15-18(2)3)33(31,32)17-21-10-7-6-9-19(21)4/h6-14,18H,5,15-17H2,1-4H3. The monoisotopic (exact) mass is 471 g/mol. The van der Waals surface area contributed by atoms with Gasteiger partial charge in [-0.15, -0.1) is 0 Å². The number of nitrogens with zero attached hydrogens (tertiary/aromatic N) is 3. The number of carbonyl (C=O) groups is 1. The number of amides is 1. The summed E-state index contributed by atoms with van der Waals surface area (Å²) in [6.45, 7) is 8.71. The van der Waals surface area contributed by atoms with E-state index in [-0.39, 0.29) is 34.8 Å². The van der Waals surface area contributed by atoms with E-state index < -0.39 is 15.7 Å². The molecule has 0 N–H and O–H groups in total. The van der Waals surface area contributed by atoms with Crippen LogP contribution in [0.4, 0.5) is 4.39 Å². The predicted molar refractivity (Wildman–Crippen MR) is 126 cm³/mol. The minimum atomic E-state index is -3.71. The van der Waals surface area contributed by atoms with Gasteiger partial charge in [0.15, 0.2) is 0 Å². The highest BCUT2D eigenvalue weighted by Gasteiger charge is 2.26. The molecule has 0 radical (unpaired) electrons. The Kier molecular flexibility index (Phi) is 7.68. The van der Waals surface area contributed by atoms with Crippen molar-refractivity contribution in [3.05, 3.63) is 82.9 Å². The molecule has 0 unspecified atom stereocenters. The van der Waals surface area contributed by atoms with Crippen molar-refractivity contribution in [3.63, 3.8) is 0 Å². The van der Waals surface area contributed by atoms with Crippen molar-refractivity contribution in [1.82, 2.24) is 14.5 Å². The predicted octanol–water partition coefficient (Wildman–Crippen LogP) is 4.62. The van der Waals surface area contributed by atoms with Crippen LogP contribution in [0.2, 0.25) is 0 Å². The lowest BCUT2D eigenvalue weighted by Crippen LogP contribution is -2.31. The van der Waals surface area contributed by atoms with Crippen LogP contribution in [0.5, 0.6) is 0 Å². The van der Waals surface area contributed by atoms with Crippen molar-refractivity contribution in [2.24, 2.45) is 5.92 Å². The third-order valence-electron chi connectivity index (χ3n) is 5.43. The van der Waals surface area contributed by atoms with Crippen molar-refractivity contribution >= 4 is 15.7 Å². The minimum Gasteiger partial charge on any atom is -0.333 e. The van der Waals surface area contributed by atoms with E-state index in [1.165, 1.54) is 24.4 Å². The maximum atomic E-state index is 13.6. The summed E-state index contributed by atoms with van der Waals surface area (Å²) in [5.74, 6) is -0.780. The quantitative estimate of drug-likeness (QED) is 0.456. The lowest BCUT2D eigenvalue weighted by atomic mass is 10.1. The number of carbonyl (C=O) groups excluding carboxylic acids is 1. The zero-order chi connectivity index (χ0) is 24.2. The number of halogens is 1. The van der Waals surface area contributed by atoms with Crippen LogP contribution in [0.15, 0.2) is 59.9 Å². The molecule has 0 aliphatic heterocycles. The zero-order valence-electron chi connectivity index (χ0n) is 19.5. The van der Waals surface area contributed by atoms with E-state index in [0.717, 1.165) is 11.1 Å². The number of aryl methyl sites for hydroxylation is 1. The van der Waals surface area contributed by atoms with Gasteiger partial charge < -0.3 is 9.47 Å². The van der Waals surface area contributed by atoms with Crippen molar-refractivity contribution < 1.29 is 17.6 Å². The summed E-state index contributed by atoms with van der Waals surface area (Å²) >= 11 is 0. The molecule has 33 heavy (non-hydrogen) atoms. The number of imidazole rings is 1. The Balaban J connectivity index is 1.94. The van der Waals surface area contributed by atoms with Gasteiger partial charge in [0.1, 0.15) is 5.82 Å². The van der Waals surface area contributed by atoms with Gasteiger partial charge >= 0.3 is 0 Å². The van der Waals surface area contributed by atoms with Crippen LogP contribution in [-0.2, 0) is 28.7 Å². The highest BCUT2D eigenvalue weighted by molar-refractivity contribution is 7.90. The molecule has 0 bridgehead atoms. The molecule has 3 rings (SSSR count). The SMILES string of the molecule is CCN(Cc1cnc(S(=O)(=O)Cc2ccccc2C)n1CC(C)C)C(=O)c1cccc(F)c1. The van der Waals surface area contributed by atoms with Gasteiger partial charge in [-0.2, -0.15) is 0 Å². The molecular weight excluding hydrogens is 441 g/mol. The number of hydrogen-bond acceptors (Lipinski definition) is 4. The van der Waals surface area contributed by atoms with Crippen LogP contribution in [0.1, 0.15) is 48.0 Å². The lowest BCUT2D eigenvalue weighted by molar-refractivity contribution is 0.0748. The molecule has 0 spiro atoms. The van der Waals surface area contributed by atoms with Gasteiger partial charge in [0.05, 0.1) is 24.2 Å². The van der Waals surface area contributed by atoms with Crippen LogP contribution in [0, 0.1) is 18.7 Å². The second-order valence-electron chi connectivity index (χ2n) is 8.55. The Morgan fingerprint density at radius 1 is 1.15 bits per heavy atom. The number of rotatable bonds is 9. The first kappa shape index (κ1) is 24.6. The van der Waals surface area contributed by atoms with E-state index in [2.05, 4.69) is 4.98 Å². The largest absolute Gasteiger partial charge is 0.333 e. The first-order chi connectivity index (χ1) is 15.6. The number of aromatic nitrogens is 2. The third kappa shape index (κ3) is 5.87. The van der Waals surface area contributed by atoms with Crippen LogP contribution in [0.25, 0.3) is 0 Å². The topological polar surface area (TPSA) is 72.3 Å². The first-order valence-corrected chi connectivity index (χ1v) is 12.6. The van der Waals surface area contributed by atoms with Crippen molar-refractivity contribution in [2.75, 3.05) is 6.54 Å². The van der Waals surface area contributed by atoms with Crippen LogP contribution >= 0.6 is 0 Å². The van der Waals surface area contributed by atoms with E-state index in [4.69, 9.17) is 0 Å². The fraction of sp³-hybridized carbons (Fsp3) is 0.360. The molecule has 8 heteroatoms. The summed E-state index contributed by atoms with van der Waals surface area (Å²) in [5, 5.41) is 0.00344. The molecule has 2 aromatic carbocycles. The van der Waals surface area contributed by atoms with Crippen LogP contribution in [-0.4, -0.2) is 35.3 Å². The number of hydrogen-bond donors (Lipinski definition) is 0. The first-order valence-electron chi connectivity index (χ1n) is 11.0. The molecule has 0 saturated heterocycles. The summed E-state index contributed by atoms with van der Waals surface area (Å²) in [5.41, 5.74) is 2.51. The van der Waals surface area contributed by atoms with Gasteiger partial charge in [-0.3, -0.25) is 4.79 Å². The van der Waals surface area contributed by atoms with Crippen molar-refractivity contribution in [2.45, 2.75) is 51.7 Å². The average Bonchev–Trinajstić information content (AvgIpc) is 3.15. The summed E-state index contributed by atoms with van der Waals surface area (Å²) < 4.78 is 41.9. The van der Waals surface area contributed by atoms with Crippen molar-refractivity contribution in [3.8, 4) is 0 Å². The van der Waals surface area contributed by atoms with E-state index in [1.807, 2.05) is 45.9 Å². The molecule has 1 heterocycles. The van der Waals surface area contributed by atoms with Gasteiger partial charge in [-0.25, -0.2) is 17.8 Å². The molecule has 0 fully saturated rings. The molecular formula is C25H30FN3O3S. The highest BCUT2D eigenvalue weighted by atomic mass is 32.2. The van der Waals surface area contributed by atoms with Crippen LogP contribution in [0.3, 0.4) is 0 Å². The summed E-state index contributed by atoms with van der Waals surface area (Å²) in [7, 11) is -3.71. The molecule has 0 saturated carbocycles. The third-order valence-corrected chi connectivity index (χ3v) is 7.00. The Bertz CT molecular complexity index is 1240. The fourth-order valence-electron chi connectivity index (χ4n) is 3.69. The Hall–Kier alpha value is -3.00. The van der Waals surface area contributed by atoms with Gasteiger partial charge in [-0.05, 0) is 49.1 Å². The Morgan fingerprint density at radius 2 is 1.88 bits per heavy atom. The zero-order valence-corrected chi connectivity index (χ0v) is 20.3. The molecule has 1 amide bonds. The Labute approximate surface area is 195 Å².